The number of likely N-dealkylation sites (tertiary alicyclic amines) is 1. The number of rotatable bonds is 10. The number of nitrogens with zero attached hydrogens (tertiary/aromatic N) is 4. The zero-order valence-corrected chi connectivity index (χ0v) is 22.9. The second-order valence-corrected chi connectivity index (χ2v) is 10.7. The Morgan fingerprint density at radius 3 is 2.44 bits per heavy atom. The van der Waals surface area contributed by atoms with Gasteiger partial charge in [-0.25, -0.2) is 9.50 Å². The van der Waals surface area contributed by atoms with Crippen molar-refractivity contribution in [3.8, 4) is 17.0 Å². The highest BCUT2D eigenvalue weighted by atomic mass is 35.5. The van der Waals surface area contributed by atoms with E-state index in [-0.39, 0.29) is 0 Å². The zero-order valence-electron chi connectivity index (χ0n) is 22.1. The number of pyridine rings is 1. The fourth-order valence-electron chi connectivity index (χ4n) is 5.30. The quantitative estimate of drug-likeness (QED) is 0.188. The topological polar surface area (TPSA) is 42.7 Å². The Hall–Kier alpha value is -3.67. The molecule has 2 aromatic heterocycles. The summed E-state index contributed by atoms with van der Waals surface area (Å²) in [4.78, 5) is 7.40. The van der Waals surface area contributed by atoms with Gasteiger partial charge >= 0.3 is 0 Å². The Morgan fingerprint density at radius 2 is 1.59 bits per heavy atom. The van der Waals surface area contributed by atoms with Gasteiger partial charge in [-0.1, -0.05) is 66.2 Å². The van der Waals surface area contributed by atoms with Gasteiger partial charge < -0.3 is 9.64 Å². The van der Waals surface area contributed by atoms with E-state index in [2.05, 4.69) is 41.3 Å². The lowest BCUT2D eigenvalue weighted by Crippen LogP contribution is -2.20. The van der Waals surface area contributed by atoms with Crippen LogP contribution in [0.4, 0.5) is 0 Å². The van der Waals surface area contributed by atoms with Gasteiger partial charge in [-0.05, 0) is 98.4 Å². The number of hydrogen-bond acceptors (Lipinski definition) is 4. The van der Waals surface area contributed by atoms with Crippen LogP contribution in [0.25, 0.3) is 16.9 Å². The minimum absolute atomic E-state index is 0.457. The minimum Gasteiger partial charge on any atom is -0.489 e. The maximum atomic E-state index is 6.11. The SMILES string of the molecule is Clc1cccc(COc2cccc(-c3cccc4nc(Cc5ccc(CCCN6CCCC6)cc5)nn34)c2)c1. The molecule has 3 heterocycles. The molecule has 1 aliphatic heterocycles. The molecule has 0 saturated carbocycles. The standard InChI is InChI=1S/C33H33ClN4O/c34-29-10-3-7-27(21-29)24-39-30-11-4-9-28(23-30)31-12-5-13-33-35-32(36-38(31)33)22-26-16-14-25(15-17-26)8-6-20-37-18-1-2-19-37/h3-5,7,9-17,21,23H,1-2,6,8,18-20,22,24H2. The number of aromatic nitrogens is 3. The molecule has 0 bridgehead atoms. The molecule has 0 atom stereocenters. The van der Waals surface area contributed by atoms with Crippen molar-refractivity contribution in [2.24, 2.45) is 0 Å². The van der Waals surface area contributed by atoms with Crippen LogP contribution >= 0.6 is 11.6 Å². The molecule has 39 heavy (non-hydrogen) atoms. The number of fused-ring (bicyclic) bond motifs is 1. The molecule has 0 radical (unpaired) electrons. The zero-order chi connectivity index (χ0) is 26.4. The molecule has 3 aromatic carbocycles. The van der Waals surface area contributed by atoms with Gasteiger partial charge in [0.1, 0.15) is 12.4 Å². The number of aryl methyl sites for hydroxylation is 1. The third-order valence-electron chi connectivity index (χ3n) is 7.35. The van der Waals surface area contributed by atoms with Gasteiger partial charge in [0.05, 0.1) is 5.69 Å². The molecule has 198 valence electrons. The Kier molecular flexibility index (Phi) is 7.89. The van der Waals surface area contributed by atoms with E-state index in [1.54, 1.807) is 0 Å². The first-order valence-electron chi connectivity index (χ1n) is 13.8. The summed E-state index contributed by atoms with van der Waals surface area (Å²) in [6, 6.07) is 30.9. The van der Waals surface area contributed by atoms with E-state index in [1.165, 1.54) is 50.0 Å². The summed E-state index contributed by atoms with van der Waals surface area (Å²) in [6.07, 6.45) is 5.79. The average Bonchev–Trinajstić information content (AvgIpc) is 3.63. The van der Waals surface area contributed by atoms with Crippen LogP contribution in [0, 0.1) is 0 Å². The summed E-state index contributed by atoms with van der Waals surface area (Å²) in [7, 11) is 0. The van der Waals surface area contributed by atoms with Crippen molar-refractivity contribution < 1.29 is 4.74 Å². The molecule has 1 fully saturated rings. The number of hydrogen-bond donors (Lipinski definition) is 0. The second-order valence-electron chi connectivity index (χ2n) is 10.3. The first-order chi connectivity index (χ1) is 19.2. The van der Waals surface area contributed by atoms with Crippen LogP contribution in [-0.4, -0.2) is 39.1 Å². The van der Waals surface area contributed by atoms with E-state index in [0.717, 1.165) is 40.5 Å². The third-order valence-corrected chi connectivity index (χ3v) is 7.59. The van der Waals surface area contributed by atoms with E-state index < -0.39 is 0 Å². The first kappa shape index (κ1) is 25.6. The molecule has 1 aliphatic rings. The summed E-state index contributed by atoms with van der Waals surface area (Å²) in [6.45, 7) is 4.22. The predicted molar refractivity (Wildman–Crippen MR) is 157 cm³/mol. The average molecular weight is 537 g/mol. The molecule has 0 amide bonds. The van der Waals surface area contributed by atoms with Crippen molar-refractivity contribution in [1.82, 2.24) is 19.5 Å². The molecule has 0 spiro atoms. The fraction of sp³-hybridized carbons (Fsp3) is 0.273. The second kappa shape index (κ2) is 12.0. The summed E-state index contributed by atoms with van der Waals surface area (Å²) < 4.78 is 7.99. The van der Waals surface area contributed by atoms with E-state index >= 15 is 0 Å². The fourth-order valence-corrected chi connectivity index (χ4v) is 5.51. The molecule has 6 rings (SSSR count). The van der Waals surface area contributed by atoms with Crippen LogP contribution in [0.15, 0.2) is 91.0 Å². The monoisotopic (exact) mass is 536 g/mol. The maximum Gasteiger partial charge on any atom is 0.156 e. The lowest BCUT2D eigenvalue weighted by Gasteiger charge is -2.13. The number of halogens is 1. The molecule has 0 N–H and O–H groups in total. The van der Waals surface area contributed by atoms with E-state index in [9.17, 15) is 0 Å². The molecule has 5 aromatic rings. The van der Waals surface area contributed by atoms with Crippen molar-refractivity contribution in [2.75, 3.05) is 19.6 Å². The summed E-state index contributed by atoms with van der Waals surface area (Å²) in [5.41, 5.74) is 6.51. The van der Waals surface area contributed by atoms with Crippen LogP contribution in [0.2, 0.25) is 5.02 Å². The van der Waals surface area contributed by atoms with E-state index in [4.69, 9.17) is 26.4 Å². The van der Waals surface area contributed by atoms with Crippen LogP contribution in [0.3, 0.4) is 0 Å². The molecule has 6 heteroatoms. The van der Waals surface area contributed by atoms with Crippen LogP contribution < -0.4 is 4.74 Å². The predicted octanol–water partition coefficient (Wildman–Crippen LogP) is 7.25. The molecule has 0 aliphatic carbocycles. The van der Waals surface area contributed by atoms with Gasteiger partial charge in [0, 0.05) is 17.0 Å². The minimum atomic E-state index is 0.457. The molecule has 5 nitrogen and oxygen atoms in total. The molecule has 1 saturated heterocycles. The van der Waals surface area contributed by atoms with Crippen molar-refractivity contribution in [2.45, 2.75) is 38.7 Å². The maximum absolute atomic E-state index is 6.11. The van der Waals surface area contributed by atoms with Crippen molar-refractivity contribution in [1.29, 1.82) is 0 Å². The number of ether oxygens (including phenoxy) is 1. The van der Waals surface area contributed by atoms with E-state index in [1.807, 2.05) is 59.1 Å². The normalized spacial score (nSPS) is 13.8. The highest BCUT2D eigenvalue weighted by Crippen LogP contribution is 2.25. The lowest BCUT2D eigenvalue weighted by atomic mass is 10.1. The van der Waals surface area contributed by atoms with Gasteiger partial charge in [-0.3, -0.25) is 0 Å². The Labute approximate surface area is 235 Å². The van der Waals surface area contributed by atoms with Gasteiger partial charge in [-0.15, -0.1) is 0 Å². The van der Waals surface area contributed by atoms with Gasteiger partial charge in [0.15, 0.2) is 11.5 Å². The molecular formula is C33H33ClN4O. The Balaban J connectivity index is 1.13. The van der Waals surface area contributed by atoms with Crippen LogP contribution in [0.1, 0.15) is 41.8 Å². The first-order valence-corrected chi connectivity index (χ1v) is 14.2. The van der Waals surface area contributed by atoms with Gasteiger partial charge in [0.2, 0.25) is 0 Å². The van der Waals surface area contributed by atoms with Crippen molar-refractivity contribution in [3.05, 3.63) is 119 Å². The third kappa shape index (κ3) is 6.49. The summed E-state index contributed by atoms with van der Waals surface area (Å²) >= 11 is 6.11. The highest BCUT2D eigenvalue weighted by Gasteiger charge is 2.12. The number of benzene rings is 3. The smallest absolute Gasteiger partial charge is 0.156 e. The molecule has 0 unspecified atom stereocenters. The summed E-state index contributed by atoms with van der Waals surface area (Å²) in [5.74, 6) is 1.61. The van der Waals surface area contributed by atoms with Crippen LogP contribution in [-0.2, 0) is 19.4 Å². The van der Waals surface area contributed by atoms with Crippen LogP contribution in [0.5, 0.6) is 5.75 Å². The van der Waals surface area contributed by atoms with Gasteiger partial charge in [-0.2, -0.15) is 5.10 Å². The Morgan fingerprint density at radius 1 is 0.795 bits per heavy atom. The van der Waals surface area contributed by atoms with Crippen molar-refractivity contribution in [3.63, 3.8) is 0 Å². The highest BCUT2D eigenvalue weighted by molar-refractivity contribution is 6.30. The van der Waals surface area contributed by atoms with E-state index in [0.29, 0.717) is 18.1 Å². The lowest BCUT2D eigenvalue weighted by molar-refractivity contribution is 0.306. The van der Waals surface area contributed by atoms with Crippen molar-refractivity contribution >= 4 is 17.2 Å². The summed E-state index contributed by atoms with van der Waals surface area (Å²) in [5, 5.41) is 5.59. The van der Waals surface area contributed by atoms with Gasteiger partial charge in [0.25, 0.3) is 0 Å². The molecular weight excluding hydrogens is 504 g/mol. The Bertz CT molecular complexity index is 1540. The largest absolute Gasteiger partial charge is 0.489 e.